The van der Waals surface area contributed by atoms with E-state index in [9.17, 15) is 4.79 Å². The van der Waals surface area contributed by atoms with Crippen molar-refractivity contribution in [2.45, 2.75) is 37.7 Å². The lowest BCUT2D eigenvalue weighted by Crippen LogP contribution is -2.35. The molecule has 88 valence electrons. The van der Waals surface area contributed by atoms with Gasteiger partial charge in [-0.15, -0.1) is 0 Å². The molecule has 0 radical (unpaired) electrons. The molecule has 1 fully saturated rings. The summed E-state index contributed by atoms with van der Waals surface area (Å²) in [4.78, 5) is 18.6. The van der Waals surface area contributed by atoms with Crippen molar-refractivity contribution in [1.82, 2.24) is 9.97 Å². The summed E-state index contributed by atoms with van der Waals surface area (Å²) >= 11 is 3.15. The van der Waals surface area contributed by atoms with Crippen molar-refractivity contribution in [3.05, 3.63) is 26.8 Å². The van der Waals surface area contributed by atoms with Crippen LogP contribution < -0.4 is 5.56 Å². The zero-order valence-electron chi connectivity index (χ0n) is 9.25. The highest BCUT2D eigenvalue weighted by molar-refractivity contribution is 9.10. The number of methoxy groups -OCH3 is 1. The number of aromatic amines is 1. The molecule has 0 aromatic carbocycles. The maximum absolute atomic E-state index is 11.5. The van der Waals surface area contributed by atoms with Crippen molar-refractivity contribution in [2.24, 2.45) is 0 Å². The van der Waals surface area contributed by atoms with Crippen LogP contribution in [-0.4, -0.2) is 17.1 Å². The number of H-pyrrole nitrogens is 1. The van der Waals surface area contributed by atoms with Gasteiger partial charge in [0.1, 0.15) is 15.9 Å². The summed E-state index contributed by atoms with van der Waals surface area (Å²) in [7, 11) is 1.69. The Morgan fingerprint density at radius 2 is 2.12 bits per heavy atom. The molecular formula is C11H15BrN2O2. The monoisotopic (exact) mass is 286 g/mol. The molecule has 5 heteroatoms. The molecular weight excluding hydrogens is 272 g/mol. The highest BCUT2D eigenvalue weighted by Crippen LogP contribution is 2.37. The van der Waals surface area contributed by atoms with E-state index in [1.165, 1.54) is 6.42 Å². The van der Waals surface area contributed by atoms with Crippen LogP contribution in [0.5, 0.6) is 0 Å². The number of aromatic nitrogens is 2. The Hall–Kier alpha value is -0.680. The zero-order chi connectivity index (χ0) is 11.6. The number of halogens is 1. The molecule has 1 N–H and O–H groups in total. The number of nitrogens with zero attached hydrogens (tertiary/aromatic N) is 1. The van der Waals surface area contributed by atoms with Gasteiger partial charge in [0.15, 0.2) is 0 Å². The fraction of sp³-hybridized carbons (Fsp3) is 0.636. The van der Waals surface area contributed by atoms with Gasteiger partial charge in [0.2, 0.25) is 0 Å². The maximum Gasteiger partial charge on any atom is 0.265 e. The van der Waals surface area contributed by atoms with Gasteiger partial charge < -0.3 is 9.72 Å². The first-order valence-corrected chi connectivity index (χ1v) is 6.28. The van der Waals surface area contributed by atoms with Gasteiger partial charge in [0, 0.05) is 13.3 Å². The summed E-state index contributed by atoms with van der Waals surface area (Å²) in [6.07, 6.45) is 6.86. The lowest BCUT2D eigenvalue weighted by molar-refractivity contribution is -0.0517. The topological polar surface area (TPSA) is 55.0 Å². The lowest BCUT2D eigenvalue weighted by atomic mass is 9.84. The first kappa shape index (κ1) is 11.8. The Morgan fingerprint density at radius 3 is 2.69 bits per heavy atom. The molecule has 1 aromatic rings. The summed E-state index contributed by atoms with van der Waals surface area (Å²) in [5, 5.41) is 0. The number of nitrogens with one attached hydrogen (secondary N) is 1. The molecule has 1 saturated carbocycles. The molecule has 16 heavy (non-hydrogen) atoms. The minimum atomic E-state index is -0.391. The fourth-order valence-corrected chi connectivity index (χ4v) is 2.47. The van der Waals surface area contributed by atoms with Gasteiger partial charge in [-0.1, -0.05) is 19.3 Å². The van der Waals surface area contributed by atoms with Crippen LogP contribution in [0.1, 0.15) is 37.9 Å². The number of rotatable bonds is 2. The molecule has 1 aromatic heterocycles. The number of hydrogen-bond donors (Lipinski definition) is 1. The average Bonchev–Trinajstić information content (AvgIpc) is 2.33. The summed E-state index contributed by atoms with van der Waals surface area (Å²) in [6, 6.07) is 0. The second-order valence-electron chi connectivity index (χ2n) is 4.17. The van der Waals surface area contributed by atoms with Crippen LogP contribution in [0.3, 0.4) is 0 Å². The quantitative estimate of drug-likeness (QED) is 0.908. The van der Waals surface area contributed by atoms with Crippen LogP contribution in [0.15, 0.2) is 15.5 Å². The van der Waals surface area contributed by atoms with Gasteiger partial charge >= 0.3 is 0 Å². The Bertz CT molecular complexity index is 424. The predicted molar refractivity (Wildman–Crippen MR) is 64.3 cm³/mol. The van der Waals surface area contributed by atoms with Crippen molar-refractivity contribution in [3.8, 4) is 0 Å². The van der Waals surface area contributed by atoms with E-state index in [-0.39, 0.29) is 5.56 Å². The maximum atomic E-state index is 11.5. The molecule has 0 amide bonds. The molecule has 0 bridgehead atoms. The Morgan fingerprint density at radius 1 is 1.44 bits per heavy atom. The van der Waals surface area contributed by atoms with Gasteiger partial charge in [0.25, 0.3) is 5.56 Å². The van der Waals surface area contributed by atoms with E-state index in [4.69, 9.17) is 4.74 Å². The van der Waals surface area contributed by atoms with E-state index in [1.54, 1.807) is 13.3 Å². The highest BCUT2D eigenvalue weighted by atomic mass is 79.9. The molecule has 0 aliphatic heterocycles. The highest BCUT2D eigenvalue weighted by Gasteiger charge is 2.36. The third kappa shape index (κ3) is 2.06. The van der Waals surface area contributed by atoms with Gasteiger partial charge in [-0.3, -0.25) is 4.79 Å². The molecule has 4 nitrogen and oxygen atoms in total. The molecule has 1 aliphatic carbocycles. The SMILES string of the molecule is COC1(c2ncc(Br)c(=O)[nH]2)CCCCC1. The first-order valence-electron chi connectivity index (χ1n) is 5.48. The van der Waals surface area contributed by atoms with E-state index >= 15 is 0 Å². The predicted octanol–water partition coefficient (Wildman–Crippen LogP) is 2.34. The van der Waals surface area contributed by atoms with Gasteiger partial charge in [-0.25, -0.2) is 4.98 Å². The summed E-state index contributed by atoms with van der Waals surface area (Å²) in [6.45, 7) is 0. The van der Waals surface area contributed by atoms with Gasteiger partial charge in [0.05, 0.1) is 0 Å². The molecule has 0 unspecified atom stereocenters. The van der Waals surface area contributed by atoms with E-state index in [0.717, 1.165) is 25.7 Å². The van der Waals surface area contributed by atoms with E-state index in [0.29, 0.717) is 10.3 Å². The third-order valence-corrected chi connectivity index (χ3v) is 3.80. The summed E-state index contributed by atoms with van der Waals surface area (Å²) in [5.74, 6) is 0.655. The second-order valence-corrected chi connectivity index (χ2v) is 5.02. The second kappa shape index (κ2) is 4.67. The molecule has 0 atom stereocenters. The van der Waals surface area contributed by atoms with Crippen LogP contribution in [-0.2, 0) is 10.3 Å². The van der Waals surface area contributed by atoms with Crippen molar-refractivity contribution in [1.29, 1.82) is 0 Å². The summed E-state index contributed by atoms with van der Waals surface area (Å²) in [5.41, 5.74) is -0.537. The minimum absolute atomic E-state index is 0.146. The average molecular weight is 287 g/mol. The lowest BCUT2D eigenvalue weighted by Gasteiger charge is -2.34. The standard InChI is InChI=1S/C11H15BrN2O2/c1-16-11(5-3-2-4-6-11)10-13-7-8(12)9(15)14-10/h7H,2-6H2,1H3,(H,13,14,15). The Balaban J connectivity index is 2.39. The first-order chi connectivity index (χ1) is 7.68. The molecule has 1 heterocycles. The van der Waals surface area contributed by atoms with Crippen LogP contribution >= 0.6 is 15.9 Å². The minimum Gasteiger partial charge on any atom is -0.370 e. The van der Waals surface area contributed by atoms with Gasteiger partial charge in [-0.2, -0.15) is 0 Å². The Labute approximate surface area is 103 Å². The molecule has 2 rings (SSSR count). The van der Waals surface area contributed by atoms with Crippen molar-refractivity contribution >= 4 is 15.9 Å². The van der Waals surface area contributed by atoms with Crippen LogP contribution in [0.4, 0.5) is 0 Å². The molecule has 1 aliphatic rings. The van der Waals surface area contributed by atoms with Crippen molar-refractivity contribution in [2.75, 3.05) is 7.11 Å². The smallest absolute Gasteiger partial charge is 0.265 e. The Kier molecular flexibility index (Phi) is 3.44. The van der Waals surface area contributed by atoms with Crippen LogP contribution in [0.2, 0.25) is 0 Å². The van der Waals surface area contributed by atoms with Gasteiger partial charge in [-0.05, 0) is 28.8 Å². The molecule has 0 saturated heterocycles. The zero-order valence-corrected chi connectivity index (χ0v) is 10.8. The molecule has 0 spiro atoms. The van der Waals surface area contributed by atoms with E-state index in [2.05, 4.69) is 25.9 Å². The summed E-state index contributed by atoms with van der Waals surface area (Å²) < 4.78 is 6.07. The van der Waals surface area contributed by atoms with E-state index < -0.39 is 5.60 Å². The third-order valence-electron chi connectivity index (χ3n) is 3.24. The van der Waals surface area contributed by atoms with Crippen molar-refractivity contribution in [3.63, 3.8) is 0 Å². The van der Waals surface area contributed by atoms with Crippen LogP contribution in [0, 0.1) is 0 Å². The fourth-order valence-electron chi connectivity index (χ4n) is 2.27. The van der Waals surface area contributed by atoms with Crippen LogP contribution in [0.25, 0.3) is 0 Å². The number of ether oxygens (including phenoxy) is 1. The number of hydrogen-bond acceptors (Lipinski definition) is 3. The van der Waals surface area contributed by atoms with E-state index in [1.807, 2.05) is 0 Å². The van der Waals surface area contributed by atoms with Crippen molar-refractivity contribution < 1.29 is 4.74 Å². The normalized spacial score (nSPS) is 19.6. The largest absolute Gasteiger partial charge is 0.370 e.